The van der Waals surface area contributed by atoms with Crippen LogP contribution in [-0.4, -0.2) is 55.0 Å². The van der Waals surface area contributed by atoms with Crippen molar-refractivity contribution in [3.63, 3.8) is 0 Å². The quantitative estimate of drug-likeness (QED) is 0.924. The third kappa shape index (κ3) is 3.45. The fraction of sp³-hybridized carbons (Fsp3) is 0.722. The molecule has 1 aromatic heterocycles. The number of amides is 1. The van der Waals surface area contributed by atoms with E-state index in [1.807, 2.05) is 13.1 Å². The van der Waals surface area contributed by atoms with Gasteiger partial charge in [0.25, 0.3) is 0 Å². The van der Waals surface area contributed by atoms with E-state index < -0.39 is 0 Å². The lowest BCUT2D eigenvalue weighted by Crippen LogP contribution is -2.48. The maximum Gasteiger partial charge on any atom is 0.247 e. The number of likely N-dealkylation sites (N-methyl/N-ethyl adjacent to an activating group) is 2. The van der Waals surface area contributed by atoms with E-state index in [2.05, 4.69) is 22.0 Å². The van der Waals surface area contributed by atoms with Crippen LogP contribution in [0.3, 0.4) is 0 Å². The summed E-state index contributed by atoms with van der Waals surface area (Å²) >= 11 is 0. The Bertz CT molecular complexity index is 528. The van der Waals surface area contributed by atoms with Gasteiger partial charge in [-0.05, 0) is 51.0 Å². The molecule has 128 valence electrons. The van der Waals surface area contributed by atoms with Crippen LogP contribution < -0.4 is 5.32 Å². The van der Waals surface area contributed by atoms with E-state index in [-0.39, 0.29) is 11.9 Å². The number of carbonyl (C=O) groups is 1. The summed E-state index contributed by atoms with van der Waals surface area (Å²) in [6.45, 7) is 6.10. The number of nitrogens with one attached hydrogen (secondary N) is 1. The molecule has 2 aliphatic rings. The predicted molar refractivity (Wildman–Crippen MR) is 90.3 cm³/mol. The molecule has 5 heteroatoms. The van der Waals surface area contributed by atoms with Crippen LogP contribution in [0.15, 0.2) is 16.7 Å². The lowest BCUT2D eigenvalue weighted by Gasteiger charge is -2.34. The Morgan fingerprint density at radius 1 is 1.30 bits per heavy atom. The SMILES string of the molecule is CCN1CCCCCC1CN1CCc2ccoc2C(NC)C1=O. The Balaban J connectivity index is 1.74. The molecular formula is C18H29N3O2. The van der Waals surface area contributed by atoms with E-state index >= 15 is 0 Å². The third-order valence-corrected chi connectivity index (χ3v) is 5.38. The first-order chi connectivity index (χ1) is 11.2. The largest absolute Gasteiger partial charge is 0.467 e. The molecule has 0 aliphatic carbocycles. The lowest BCUT2D eigenvalue weighted by molar-refractivity contribution is -0.134. The minimum Gasteiger partial charge on any atom is -0.467 e. The van der Waals surface area contributed by atoms with Crippen molar-refractivity contribution < 1.29 is 9.21 Å². The number of nitrogens with zero attached hydrogens (tertiary/aromatic N) is 2. The maximum atomic E-state index is 13.0. The van der Waals surface area contributed by atoms with Gasteiger partial charge in [-0.15, -0.1) is 0 Å². The monoisotopic (exact) mass is 319 g/mol. The van der Waals surface area contributed by atoms with Gasteiger partial charge >= 0.3 is 0 Å². The molecule has 2 unspecified atom stereocenters. The van der Waals surface area contributed by atoms with E-state index in [1.165, 1.54) is 32.2 Å². The van der Waals surface area contributed by atoms with Gasteiger partial charge in [0, 0.05) is 19.1 Å². The molecule has 1 N–H and O–H groups in total. The molecule has 23 heavy (non-hydrogen) atoms. The molecule has 0 spiro atoms. The summed E-state index contributed by atoms with van der Waals surface area (Å²) in [7, 11) is 1.84. The van der Waals surface area contributed by atoms with E-state index in [1.54, 1.807) is 6.26 Å². The highest BCUT2D eigenvalue weighted by atomic mass is 16.3. The molecular weight excluding hydrogens is 290 g/mol. The summed E-state index contributed by atoms with van der Waals surface area (Å²) in [5, 5.41) is 3.14. The second kappa shape index (κ2) is 7.49. The highest BCUT2D eigenvalue weighted by Crippen LogP contribution is 2.27. The van der Waals surface area contributed by atoms with Crippen molar-refractivity contribution in [1.82, 2.24) is 15.1 Å². The number of hydrogen-bond donors (Lipinski definition) is 1. The van der Waals surface area contributed by atoms with E-state index in [0.717, 1.165) is 37.4 Å². The Kier molecular flexibility index (Phi) is 5.38. The van der Waals surface area contributed by atoms with Crippen LogP contribution in [0.5, 0.6) is 0 Å². The number of furan rings is 1. The van der Waals surface area contributed by atoms with Crippen molar-refractivity contribution in [3.8, 4) is 0 Å². The normalized spacial score (nSPS) is 26.7. The van der Waals surface area contributed by atoms with Crippen molar-refractivity contribution in [2.75, 3.05) is 33.2 Å². The first-order valence-corrected chi connectivity index (χ1v) is 9.01. The van der Waals surface area contributed by atoms with E-state index in [4.69, 9.17) is 4.42 Å². The number of rotatable bonds is 4. The molecule has 2 atom stereocenters. The number of hydrogen-bond acceptors (Lipinski definition) is 4. The summed E-state index contributed by atoms with van der Waals surface area (Å²) in [6, 6.07) is 2.15. The van der Waals surface area contributed by atoms with Gasteiger partial charge in [0.05, 0.1) is 6.26 Å². The highest BCUT2D eigenvalue weighted by molar-refractivity contribution is 5.83. The zero-order chi connectivity index (χ0) is 16.2. The van der Waals surface area contributed by atoms with Crippen LogP contribution in [0.25, 0.3) is 0 Å². The van der Waals surface area contributed by atoms with E-state index in [0.29, 0.717) is 6.04 Å². The third-order valence-electron chi connectivity index (χ3n) is 5.38. The molecule has 5 nitrogen and oxygen atoms in total. The van der Waals surface area contributed by atoms with Crippen LogP contribution >= 0.6 is 0 Å². The van der Waals surface area contributed by atoms with Crippen molar-refractivity contribution in [2.24, 2.45) is 0 Å². The number of fused-ring (bicyclic) bond motifs is 1. The standard InChI is InChI=1S/C18H29N3O2/c1-3-20-10-6-4-5-7-15(20)13-21-11-8-14-9-12-23-17(14)16(19-2)18(21)22/h9,12,15-16,19H,3-8,10-11,13H2,1-2H3. The van der Waals surface area contributed by atoms with Gasteiger partial charge in [-0.2, -0.15) is 0 Å². The zero-order valence-corrected chi connectivity index (χ0v) is 14.4. The van der Waals surface area contributed by atoms with Gasteiger partial charge in [-0.3, -0.25) is 9.69 Å². The van der Waals surface area contributed by atoms with Crippen LogP contribution in [0, 0.1) is 0 Å². The van der Waals surface area contributed by atoms with Gasteiger partial charge in [0.15, 0.2) is 0 Å². The molecule has 1 amide bonds. The van der Waals surface area contributed by atoms with Crippen molar-refractivity contribution in [1.29, 1.82) is 0 Å². The maximum absolute atomic E-state index is 13.0. The Morgan fingerprint density at radius 3 is 2.96 bits per heavy atom. The highest BCUT2D eigenvalue weighted by Gasteiger charge is 2.34. The van der Waals surface area contributed by atoms with Gasteiger partial charge in [0.1, 0.15) is 11.8 Å². The molecule has 0 bridgehead atoms. The number of carbonyl (C=O) groups excluding carboxylic acids is 1. The van der Waals surface area contributed by atoms with Crippen LogP contribution in [0.1, 0.15) is 50.0 Å². The second-order valence-electron chi connectivity index (χ2n) is 6.70. The minimum atomic E-state index is -0.344. The second-order valence-corrected chi connectivity index (χ2v) is 6.70. The van der Waals surface area contributed by atoms with Crippen LogP contribution in [0.2, 0.25) is 0 Å². The summed E-state index contributed by atoms with van der Waals surface area (Å²) in [4.78, 5) is 17.6. The van der Waals surface area contributed by atoms with Gasteiger partial charge in [-0.1, -0.05) is 19.8 Å². The Labute approximate surface area is 139 Å². The molecule has 0 saturated carbocycles. The van der Waals surface area contributed by atoms with Crippen molar-refractivity contribution in [3.05, 3.63) is 23.7 Å². The summed E-state index contributed by atoms with van der Waals surface area (Å²) < 4.78 is 5.59. The zero-order valence-electron chi connectivity index (χ0n) is 14.4. The smallest absolute Gasteiger partial charge is 0.247 e. The molecule has 0 radical (unpaired) electrons. The Hall–Kier alpha value is -1.33. The van der Waals surface area contributed by atoms with Gasteiger partial charge in [0.2, 0.25) is 5.91 Å². The Morgan fingerprint density at radius 2 is 2.17 bits per heavy atom. The topological polar surface area (TPSA) is 48.7 Å². The van der Waals surface area contributed by atoms with Crippen LogP contribution in [-0.2, 0) is 11.2 Å². The molecule has 1 aromatic rings. The lowest BCUT2D eigenvalue weighted by atomic mass is 10.1. The average molecular weight is 319 g/mol. The summed E-state index contributed by atoms with van der Waals surface area (Å²) in [6.07, 6.45) is 7.65. The molecule has 2 aliphatic heterocycles. The number of likely N-dealkylation sites (tertiary alicyclic amines) is 1. The van der Waals surface area contributed by atoms with Crippen LogP contribution in [0.4, 0.5) is 0 Å². The van der Waals surface area contributed by atoms with Crippen molar-refractivity contribution in [2.45, 2.75) is 51.1 Å². The average Bonchev–Trinajstić information content (AvgIpc) is 2.84. The summed E-state index contributed by atoms with van der Waals surface area (Å²) in [5.74, 6) is 0.953. The molecule has 1 fully saturated rings. The molecule has 3 rings (SSSR count). The van der Waals surface area contributed by atoms with Gasteiger partial charge < -0.3 is 14.6 Å². The fourth-order valence-electron chi connectivity index (χ4n) is 4.02. The minimum absolute atomic E-state index is 0.154. The molecule has 1 saturated heterocycles. The first-order valence-electron chi connectivity index (χ1n) is 9.01. The molecule has 3 heterocycles. The predicted octanol–water partition coefficient (Wildman–Crippen LogP) is 2.19. The fourth-order valence-corrected chi connectivity index (χ4v) is 4.02. The molecule has 0 aromatic carbocycles. The summed E-state index contributed by atoms with van der Waals surface area (Å²) in [5.41, 5.74) is 1.16. The first kappa shape index (κ1) is 16.5. The van der Waals surface area contributed by atoms with Crippen molar-refractivity contribution >= 4 is 5.91 Å². The van der Waals surface area contributed by atoms with E-state index in [9.17, 15) is 4.79 Å². The van der Waals surface area contributed by atoms with Gasteiger partial charge in [-0.25, -0.2) is 0 Å².